The van der Waals surface area contributed by atoms with Crippen LogP contribution in [0.4, 0.5) is 10.8 Å². The van der Waals surface area contributed by atoms with Gasteiger partial charge in [-0.3, -0.25) is 14.9 Å². The van der Waals surface area contributed by atoms with Gasteiger partial charge in [-0.25, -0.2) is 8.42 Å². The van der Waals surface area contributed by atoms with Crippen LogP contribution in [0, 0.1) is 0 Å². The molecule has 1 N–H and O–H groups in total. The number of hydrogen-bond donors (Lipinski definition) is 1. The normalized spacial score (nSPS) is 16.3. The summed E-state index contributed by atoms with van der Waals surface area (Å²) in [5.74, 6) is -1.50. The predicted octanol–water partition coefficient (Wildman–Crippen LogP) is 3.03. The van der Waals surface area contributed by atoms with Crippen molar-refractivity contribution < 1.29 is 18.0 Å². The highest BCUT2D eigenvalue weighted by Gasteiger charge is 2.34. The molecular weight excluding hydrogens is 448 g/mol. The van der Waals surface area contributed by atoms with Crippen LogP contribution in [-0.4, -0.2) is 42.7 Å². The van der Waals surface area contributed by atoms with Crippen molar-refractivity contribution in [3.63, 3.8) is 0 Å². The number of aryl methyl sites for hydroxylation is 1. The lowest BCUT2D eigenvalue weighted by atomic mass is 10.1. The number of nitrogens with zero attached hydrogens (tertiary/aromatic N) is 3. The van der Waals surface area contributed by atoms with Crippen LogP contribution in [0.5, 0.6) is 0 Å². The van der Waals surface area contributed by atoms with Gasteiger partial charge in [0.2, 0.25) is 16.9 Å². The fraction of sp³-hybridized carbons (Fsp3) is 0.273. The number of benzene rings is 2. The summed E-state index contributed by atoms with van der Waals surface area (Å²) in [5.41, 5.74) is 2.05. The van der Waals surface area contributed by atoms with E-state index in [-0.39, 0.29) is 21.9 Å². The van der Waals surface area contributed by atoms with Gasteiger partial charge in [0.15, 0.2) is 9.84 Å². The fourth-order valence-corrected chi connectivity index (χ4v) is 5.53. The first-order valence-electron chi connectivity index (χ1n) is 10.2. The SMILES string of the molecule is CCc1ccc(N2CC(c3nnc(NC(=O)CS(=O)(=O)c4ccccc4)s3)CC2=O)cc1. The molecule has 0 radical (unpaired) electrons. The number of carbonyl (C=O) groups is 2. The van der Waals surface area contributed by atoms with E-state index in [1.807, 2.05) is 24.3 Å². The Morgan fingerprint density at radius 3 is 2.53 bits per heavy atom. The molecule has 1 fully saturated rings. The maximum Gasteiger partial charge on any atom is 0.241 e. The molecular formula is C22H22N4O4S2. The highest BCUT2D eigenvalue weighted by atomic mass is 32.2. The molecule has 0 bridgehead atoms. The average molecular weight is 471 g/mol. The first-order valence-corrected chi connectivity index (χ1v) is 12.6. The van der Waals surface area contributed by atoms with E-state index < -0.39 is 21.5 Å². The van der Waals surface area contributed by atoms with Crippen molar-refractivity contribution in [2.75, 3.05) is 22.5 Å². The van der Waals surface area contributed by atoms with Gasteiger partial charge < -0.3 is 4.90 Å². The van der Waals surface area contributed by atoms with Gasteiger partial charge in [-0.05, 0) is 36.2 Å². The van der Waals surface area contributed by atoms with Crippen LogP contribution >= 0.6 is 11.3 Å². The summed E-state index contributed by atoms with van der Waals surface area (Å²) in [4.78, 5) is 26.6. The van der Waals surface area contributed by atoms with E-state index in [4.69, 9.17) is 0 Å². The zero-order valence-corrected chi connectivity index (χ0v) is 19.0. The molecule has 1 aliphatic heterocycles. The van der Waals surface area contributed by atoms with Crippen LogP contribution in [0.15, 0.2) is 59.5 Å². The number of amides is 2. The van der Waals surface area contributed by atoms with E-state index in [9.17, 15) is 18.0 Å². The summed E-state index contributed by atoms with van der Waals surface area (Å²) < 4.78 is 24.7. The minimum absolute atomic E-state index is 0.00832. The Kier molecular flexibility index (Phi) is 6.33. The van der Waals surface area contributed by atoms with E-state index >= 15 is 0 Å². The number of rotatable bonds is 7. The third kappa shape index (κ3) is 4.86. The maximum atomic E-state index is 12.5. The number of sulfone groups is 1. The zero-order chi connectivity index (χ0) is 22.7. The highest BCUT2D eigenvalue weighted by Crippen LogP contribution is 2.34. The third-order valence-corrected chi connectivity index (χ3v) is 7.87. The van der Waals surface area contributed by atoms with Crippen LogP contribution in [0.1, 0.15) is 29.8 Å². The first kappa shape index (κ1) is 22.1. The molecule has 2 amide bonds. The minimum Gasteiger partial charge on any atom is -0.312 e. The standard InChI is InChI=1S/C22H22N4O4S2/c1-2-15-8-10-17(11-9-15)26-13-16(12-20(26)28)21-24-25-22(31-21)23-19(27)14-32(29,30)18-6-4-3-5-7-18/h3-11,16H,2,12-14H2,1H3,(H,23,25,27). The molecule has 4 rings (SSSR count). The Balaban J connectivity index is 1.39. The van der Waals surface area contributed by atoms with Gasteiger partial charge in [0.25, 0.3) is 0 Å². The molecule has 2 aromatic carbocycles. The molecule has 0 aliphatic carbocycles. The Morgan fingerprint density at radius 2 is 1.84 bits per heavy atom. The Morgan fingerprint density at radius 1 is 1.12 bits per heavy atom. The smallest absolute Gasteiger partial charge is 0.241 e. The zero-order valence-electron chi connectivity index (χ0n) is 17.4. The summed E-state index contributed by atoms with van der Waals surface area (Å²) in [5, 5.41) is 11.4. The summed E-state index contributed by atoms with van der Waals surface area (Å²) in [7, 11) is -3.75. The van der Waals surface area contributed by atoms with Gasteiger partial charge in [-0.2, -0.15) is 0 Å². The molecule has 1 saturated heterocycles. The van der Waals surface area contributed by atoms with Crippen LogP contribution in [-0.2, 0) is 25.8 Å². The summed E-state index contributed by atoms with van der Waals surface area (Å²) in [6, 6.07) is 15.7. The van der Waals surface area contributed by atoms with E-state index in [1.165, 1.54) is 17.7 Å². The molecule has 2 heterocycles. The number of anilines is 2. The second-order valence-corrected chi connectivity index (χ2v) is 10.5. The van der Waals surface area contributed by atoms with E-state index in [2.05, 4.69) is 22.4 Å². The molecule has 10 heteroatoms. The molecule has 1 aromatic heterocycles. The molecule has 3 aromatic rings. The van der Waals surface area contributed by atoms with Crippen LogP contribution in [0.3, 0.4) is 0 Å². The topological polar surface area (TPSA) is 109 Å². The van der Waals surface area contributed by atoms with Gasteiger partial charge in [0.1, 0.15) is 10.8 Å². The van der Waals surface area contributed by atoms with E-state index in [1.54, 1.807) is 23.1 Å². The molecule has 1 aliphatic rings. The quantitative estimate of drug-likeness (QED) is 0.568. The Bertz CT molecular complexity index is 1220. The summed E-state index contributed by atoms with van der Waals surface area (Å²) in [6.07, 6.45) is 1.24. The fourth-order valence-electron chi connectivity index (χ4n) is 3.52. The third-order valence-electron chi connectivity index (χ3n) is 5.24. The lowest BCUT2D eigenvalue weighted by Crippen LogP contribution is -2.24. The van der Waals surface area contributed by atoms with Crippen LogP contribution in [0.2, 0.25) is 0 Å². The lowest BCUT2D eigenvalue weighted by molar-refractivity contribution is -0.117. The van der Waals surface area contributed by atoms with E-state index in [0.717, 1.165) is 23.4 Å². The molecule has 166 valence electrons. The van der Waals surface area contributed by atoms with Gasteiger partial charge in [0, 0.05) is 24.6 Å². The van der Waals surface area contributed by atoms with Gasteiger partial charge >= 0.3 is 0 Å². The molecule has 1 unspecified atom stereocenters. The van der Waals surface area contributed by atoms with Gasteiger partial charge in [-0.1, -0.05) is 48.6 Å². The Labute approximate surface area is 190 Å². The molecule has 0 saturated carbocycles. The molecule has 1 atom stereocenters. The highest BCUT2D eigenvalue weighted by molar-refractivity contribution is 7.92. The number of aromatic nitrogens is 2. The van der Waals surface area contributed by atoms with Crippen LogP contribution in [0.25, 0.3) is 0 Å². The number of hydrogen-bond acceptors (Lipinski definition) is 7. The summed E-state index contributed by atoms with van der Waals surface area (Å²) >= 11 is 1.16. The van der Waals surface area contributed by atoms with Gasteiger partial charge in [-0.15, -0.1) is 10.2 Å². The van der Waals surface area contributed by atoms with Crippen molar-refractivity contribution in [1.29, 1.82) is 0 Å². The van der Waals surface area contributed by atoms with Crippen molar-refractivity contribution in [2.24, 2.45) is 0 Å². The van der Waals surface area contributed by atoms with E-state index in [0.29, 0.717) is 18.0 Å². The largest absolute Gasteiger partial charge is 0.312 e. The van der Waals surface area contributed by atoms with Gasteiger partial charge in [0.05, 0.1) is 4.90 Å². The van der Waals surface area contributed by atoms with Crippen molar-refractivity contribution in [1.82, 2.24) is 10.2 Å². The maximum absolute atomic E-state index is 12.5. The lowest BCUT2D eigenvalue weighted by Gasteiger charge is -2.16. The molecule has 32 heavy (non-hydrogen) atoms. The van der Waals surface area contributed by atoms with Crippen molar-refractivity contribution in [3.8, 4) is 0 Å². The second-order valence-electron chi connectivity index (χ2n) is 7.49. The molecule has 0 spiro atoms. The molecule has 8 nitrogen and oxygen atoms in total. The summed E-state index contributed by atoms with van der Waals surface area (Å²) in [6.45, 7) is 2.56. The van der Waals surface area contributed by atoms with Crippen molar-refractivity contribution in [2.45, 2.75) is 30.6 Å². The Hall–Kier alpha value is -3.11. The minimum atomic E-state index is -3.75. The monoisotopic (exact) mass is 470 g/mol. The van der Waals surface area contributed by atoms with Crippen molar-refractivity contribution in [3.05, 3.63) is 65.2 Å². The number of carbonyl (C=O) groups excluding carboxylic acids is 2. The van der Waals surface area contributed by atoms with Crippen LogP contribution < -0.4 is 10.2 Å². The first-order chi connectivity index (χ1) is 15.4. The van der Waals surface area contributed by atoms with Crippen molar-refractivity contribution >= 4 is 43.8 Å². The number of nitrogens with one attached hydrogen (secondary N) is 1. The second kappa shape index (κ2) is 9.17. The average Bonchev–Trinajstić information content (AvgIpc) is 3.40. The predicted molar refractivity (Wildman–Crippen MR) is 123 cm³/mol.